The van der Waals surface area contributed by atoms with Gasteiger partial charge in [0.25, 0.3) is 0 Å². The van der Waals surface area contributed by atoms with Gasteiger partial charge in [0.1, 0.15) is 0 Å². The molecule has 1 aromatic heterocycles. The van der Waals surface area contributed by atoms with Gasteiger partial charge in [-0.2, -0.15) is 0 Å². The Morgan fingerprint density at radius 2 is 2.06 bits per heavy atom. The smallest absolute Gasteiger partial charge is 0.178 e. The second kappa shape index (κ2) is 4.81. The van der Waals surface area contributed by atoms with Gasteiger partial charge in [0.05, 0.1) is 19.3 Å². The number of benzene rings is 1. The van der Waals surface area contributed by atoms with Crippen LogP contribution in [0.15, 0.2) is 36.7 Å². The van der Waals surface area contributed by atoms with E-state index < -0.39 is 12.3 Å². The Hall–Kier alpha value is -1.46. The summed E-state index contributed by atoms with van der Waals surface area (Å²) in [5.41, 5.74) is -1.53. The highest BCUT2D eigenvalue weighted by molar-refractivity contribution is 6.30. The van der Waals surface area contributed by atoms with Crippen LogP contribution in [0.2, 0.25) is 5.02 Å². The Morgan fingerprint density at radius 1 is 1.35 bits per heavy atom. The molecule has 0 aliphatic rings. The molecule has 4 nitrogen and oxygen atoms in total. The van der Waals surface area contributed by atoms with E-state index in [-0.39, 0.29) is 6.54 Å². The van der Waals surface area contributed by atoms with Gasteiger partial charge in [-0.1, -0.05) is 28.9 Å². The van der Waals surface area contributed by atoms with E-state index in [1.807, 2.05) is 0 Å². The third-order valence-corrected chi connectivity index (χ3v) is 2.75. The van der Waals surface area contributed by atoms with Crippen LogP contribution < -0.4 is 0 Å². The van der Waals surface area contributed by atoms with Crippen molar-refractivity contribution in [1.82, 2.24) is 15.0 Å². The third kappa shape index (κ3) is 2.62. The zero-order valence-corrected chi connectivity index (χ0v) is 9.68. The molecular weight excluding hydrogens is 245 g/mol. The summed E-state index contributed by atoms with van der Waals surface area (Å²) in [5, 5.41) is 17.0. The Morgan fingerprint density at radius 3 is 2.59 bits per heavy atom. The topological polar surface area (TPSA) is 50.9 Å². The molecule has 1 heterocycles. The summed E-state index contributed by atoms with van der Waals surface area (Å²) in [7, 11) is 0. The zero-order valence-electron chi connectivity index (χ0n) is 8.92. The highest BCUT2D eigenvalue weighted by Gasteiger charge is 2.32. The van der Waals surface area contributed by atoms with Crippen molar-refractivity contribution in [3.05, 3.63) is 47.2 Å². The molecular formula is C11H11ClFN3O. The van der Waals surface area contributed by atoms with Crippen molar-refractivity contribution < 1.29 is 9.50 Å². The SMILES string of the molecule is OCC(F)(Cn1ccnn1)c1ccc(Cl)cc1. The Kier molecular flexibility index (Phi) is 3.40. The summed E-state index contributed by atoms with van der Waals surface area (Å²) in [6.45, 7) is -0.723. The fourth-order valence-electron chi connectivity index (χ4n) is 1.55. The first-order chi connectivity index (χ1) is 8.14. The highest BCUT2D eigenvalue weighted by Crippen LogP contribution is 2.28. The maximum Gasteiger partial charge on any atom is 0.178 e. The molecule has 0 fully saturated rings. The van der Waals surface area contributed by atoms with Gasteiger partial charge < -0.3 is 5.11 Å². The molecule has 0 spiro atoms. The fraction of sp³-hybridized carbons (Fsp3) is 0.273. The van der Waals surface area contributed by atoms with E-state index in [0.717, 1.165) is 0 Å². The van der Waals surface area contributed by atoms with Crippen LogP contribution in [0.25, 0.3) is 0 Å². The normalized spacial score (nSPS) is 14.5. The van der Waals surface area contributed by atoms with Crippen LogP contribution in [0.4, 0.5) is 4.39 Å². The van der Waals surface area contributed by atoms with Crippen LogP contribution in [0.3, 0.4) is 0 Å². The van der Waals surface area contributed by atoms with Crippen molar-refractivity contribution in [2.75, 3.05) is 6.61 Å². The number of hydrogen-bond donors (Lipinski definition) is 1. The standard InChI is InChI=1S/C11H11ClFN3O/c12-10-3-1-9(2-4-10)11(13,8-17)7-16-6-5-14-15-16/h1-6,17H,7-8H2. The molecule has 0 aliphatic heterocycles. The Labute approximate surface area is 103 Å². The third-order valence-electron chi connectivity index (χ3n) is 2.50. The summed E-state index contributed by atoms with van der Waals surface area (Å²) >= 11 is 5.74. The molecule has 17 heavy (non-hydrogen) atoms. The molecule has 90 valence electrons. The predicted octanol–water partition coefficient (Wildman–Crippen LogP) is 1.79. The number of aliphatic hydroxyl groups excluding tert-OH is 1. The minimum Gasteiger partial charge on any atom is -0.393 e. The van der Waals surface area contributed by atoms with E-state index in [0.29, 0.717) is 10.6 Å². The van der Waals surface area contributed by atoms with Gasteiger partial charge in [0.15, 0.2) is 5.67 Å². The fourth-order valence-corrected chi connectivity index (χ4v) is 1.68. The molecule has 0 bridgehead atoms. The quantitative estimate of drug-likeness (QED) is 0.906. The molecule has 2 rings (SSSR count). The lowest BCUT2D eigenvalue weighted by Gasteiger charge is -2.23. The van der Waals surface area contributed by atoms with Crippen molar-refractivity contribution in [3.63, 3.8) is 0 Å². The molecule has 0 aliphatic carbocycles. The molecule has 0 saturated carbocycles. The van der Waals surface area contributed by atoms with E-state index in [1.165, 1.54) is 10.9 Å². The minimum absolute atomic E-state index is 0.0921. The van der Waals surface area contributed by atoms with E-state index in [9.17, 15) is 9.50 Å². The van der Waals surface area contributed by atoms with Gasteiger partial charge >= 0.3 is 0 Å². The first-order valence-electron chi connectivity index (χ1n) is 5.04. The molecule has 0 amide bonds. The molecule has 1 aromatic carbocycles. The maximum atomic E-state index is 14.6. The summed E-state index contributed by atoms with van der Waals surface area (Å²) in [5.74, 6) is 0. The van der Waals surface area contributed by atoms with E-state index in [1.54, 1.807) is 30.5 Å². The van der Waals surface area contributed by atoms with E-state index in [4.69, 9.17) is 11.6 Å². The van der Waals surface area contributed by atoms with Gasteiger partial charge in [-0.3, -0.25) is 0 Å². The molecule has 0 radical (unpaired) electrons. The van der Waals surface area contributed by atoms with Crippen molar-refractivity contribution in [2.24, 2.45) is 0 Å². The van der Waals surface area contributed by atoms with E-state index >= 15 is 0 Å². The molecule has 1 N–H and O–H groups in total. The number of rotatable bonds is 4. The average Bonchev–Trinajstić information content (AvgIpc) is 2.82. The van der Waals surface area contributed by atoms with Crippen molar-refractivity contribution in [1.29, 1.82) is 0 Å². The van der Waals surface area contributed by atoms with Crippen LogP contribution in [-0.4, -0.2) is 26.7 Å². The monoisotopic (exact) mass is 255 g/mol. The van der Waals surface area contributed by atoms with Crippen LogP contribution in [0, 0.1) is 0 Å². The Bertz CT molecular complexity index is 474. The first kappa shape index (κ1) is 12.0. The van der Waals surface area contributed by atoms with Crippen molar-refractivity contribution >= 4 is 11.6 Å². The average molecular weight is 256 g/mol. The number of hydrogen-bond acceptors (Lipinski definition) is 3. The minimum atomic E-state index is -1.89. The predicted molar refractivity (Wildman–Crippen MR) is 61.3 cm³/mol. The van der Waals surface area contributed by atoms with Gasteiger partial charge in [-0.05, 0) is 17.7 Å². The van der Waals surface area contributed by atoms with E-state index in [2.05, 4.69) is 10.3 Å². The second-order valence-electron chi connectivity index (χ2n) is 3.73. The molecule has 1 unspecified atom stereocenters. The number of aliphatic hydroxyl groups is 1. The zero-order chi connectivity index (χ0) is 12.3. The van der Waals surface area contributed by atoms with Crippen LogP contribution in [-0.2, 0) is 12.2 Å². The summed E-state index contributed by atoms with van der Waals surface area (Å²) in [6.07, 6.45) is 3.00. The largest absolute Gasteiger partial charge is 0.393 e. The van der Waals surface area contributed by atoms with Crippen molar-refractivity contribution in [2.45, 2.75) is 12.2 Å². The molecule has 6 heteroatoms. The Balaban J connectivity index is 2.27. The summed E-state index contributed by atoms with van der Waals surface area (Å²) in [6, 6.07) is 6.27. The summed E-state index contributed by atoms with van der Waals surface area (Å²) < 4.78 is 15.9. The van der Waals surface area contributed by atoms with Crippen LogP contribution in [0.5, 0.6) is 0 Å². The number of alkyl halides is 1. The number of aromatic nitrogens is 3. The maximum absolute atomic E-state index is 14.6. The number of halogens is 2. The van der Waals surface area contributed by atoms with Crippen molar-refractivity contribution in [3.8, 4) is 0 Å². The molecule has 1 atom stereocenters. The van der Waals surface area contributed by atoms with Gasteiger partial charge in [-0.25, -0.2) is 9.07 Å². The van der Waals surface area contributed by atoms with Crippen LogP contribution >= 0.6 is 11.6 Å². The lowest BCUT2D eigenvalue weighted by molar-refractivity contribution is 0.0478. The highest BCUT2D eigenvalue weighted by atomic mass is 35.5. The lowest BCUT2D eigenvalue weighted by Crippen LogP contribution is -2.31. The molecule has 2 aromatic rings. The number of nitrogens with zero attached hydrogens (tertiary/aromatic N) is 3. The van der Waals surface area contributed by atoms with Crippen LogP contribution in [0.1, 0.15) is 5.56 Å². The summed E-state index contributed by atoms with van der Waals surface area (Å²) in [4.78, 5) is 0. The molecule has 0 saturated heterocycles. The second-order valence-corrected chi connectivity index (χ2v) is 4.17. The first-order valence-corrected chi connectivity index (χ1v) is 5.42. The lowest BCUT2D eigenvalue weighted by atomic mass is 9.97. The van der Waals surface area contributed by atoms with Gasteiger partial charge in [0, 0.05) is 11.2 Å². The van der Waals surface area contributed by atoms with Gasteiger partial charge in [0.2, 0.25) is 0 Å². The van der Waals surface area contributed by atoms with Gasteiger partial charge in [-0.15, -0.1) is 5.10 Å².